The molecule has 94 valence electrons. The van der Waals surface area contributed by atoms with Gasteiger partial charge in [-0.25, -0.2) is 8.78 Å². The molecule has 0 unspecified atom stereocenters. The van der Waals surface area contributed by atoms with Crippen LogP contribution in [0, 0.1) is 11.6 Å². The molecule has 17 heavy (non-hydrogen) atoms. The topological polar surface area (TPSA) is 26.3 Å². The summed E-state index contributed by atoms with van der Waals surface area (Å²) in [6.07, 6.45) is -0.153. The normalized spacial score (nSPS) is 11.6. The number of halogens is 2. The van der Waals surface area contributed by atoms with Crippen molar-refractivity contribution in [1.82, 2.24) is 0 Å². The molecule has 0 atom stereocenters. The number of ether oxygens (including phenoxy) is 1. The summed E-state index contributed by atoms with van der Waals surface area (Å²) >= 11 is 0. The van der Waals surface area contributed by atoms with E-state index in [1.54, 1.807) is 0 Å². The van der Waals surface area contributed by atoms with Gasteiger partial charge in [0.25, 0.3) is 0 Å². The first-order valence-electron chi connectivity index (χ1n) is 5.38. The van der Waals surface area contributed by atoms with Crippen molar-refractivity contribution in [2.24, 2.45) is 0 Å². The van der Waals surface area contributed by atoms with Crippen LogP contribution >= 0.6 is 0 Å². The van der Waals surface area contributed by atoms with Gasteiger partial charge >= 0.3 is 0 Å². The van der Waals surface area contributed by atoms with Gasteiger partial charge in [-0.05, 0) is 32.4 Å². The van der Waals surface area contributed by atoms with Crippen molar-refractivity contribution in [1.29, 1.82) is 0 Å². The standard InChI is InChI=1S/C13H16F2O2/c1-13(2,3)17-8-10(16)7-9-5-4-6-11(14)12(9)15/h4-6H,7-8H2,1-3H3. The van der Waals surface area contributed by atoms with Gasteiger partial charge in [0, 0.05) is 6.42 Å². The zero-order valence-corrected chi connectivity index (χ0v) is 10.2. The molecule has 0 aliphatic carbocycles. The van der Waals surface area contributed by atoms with Crippen LogP contribution in [0.2, 0.25) is 0 Å². The molecule has 1 aromatic rings. The van der Waals surface area contributed by atoms with E-state index in [-0.39, 0.29) is 24.4 Å². The van der Waals surface area contributed by atoms with Crippen molar-refractivity contribution in [2.75, 3.05) is 6.61 Å². The second-order valence-electron chi connectivity index (χ2n) is 4.83. The molecule has 0 heterocycles. The molecule has 0 fully saturated rings. The van der Waals surface area contributed by atoms with Crippen molar-refractivity contribution < 1.29 is 18.3 Å². The van der Waals surface area contributed by atoms with Crippen LogP contribution in [0.25, 0.3) is 0 Å². The Bertz CT molecular complexity index is 408. The van der Waals surface area contributed by atoms with E-state index in [0.29, 0.717) is 0 Å². The highest BCUT2D eigenvalue weighted by Crippen LogP contribution is 2.13. The van der Waals surface area contributed by atoms with Crippen LogP contribution in [0.4, 0.5) is 8.78 Å². The highest BCUT2D eigenvalue weighted by molar-refractivity contribution is 5.82. The van der Waals surface area contributed by atoms with Gasteiger partial charge in [-0.15, -0.1) is 0 Å². The summed E-state index contributed by atoms with van der Waals surface area (Å²) in [5.74, 6) is -2.17. The van der Waals surface area contributed by atoms with E-state index in [9.17, 15) is 13.6 Å². The first-order valence-corrected chi connectivity index (χ1v) is 5.38. The third-order valence-corrected chi connectivity index (χ3v) is 2.09. The molecular formula is C13H16F2O2. The molecule has 0 aliphatic rings. The fourth-order valence-corrected chi connectivity index (χ4v) is 1.25. The molecule has 0 aliphatic heterocycles. The summed E-state index contributed by atoms with van der Waals surface area (Å²) in [5, 5.41) is 0. The minimum absolute atomic E-state index is 0.0625. The van der Waals surface area contributed by atoms with E-state index in [1.807, 2.05) is 20.8 Å². The summed E-state index contributed by atoms with van der Waals surface area (Å²) in [6.45, 7) is 5.37. The molecule has 0 bridgehead atoms. The lowest BCUT2D eigenvalue weighted by Gasteiger charge is -2.18. The number of Topliss-reactive ketones (excluding diaryl/α,β-unsaturated/α-hetero) is 1. The molecule has 0 saturated carbocycles. The zero-order valence-electron chi connectivity index (χ0n) is 10.2. The van der Waals surface area contributed by atoms with Gasteiger partial charge in [-0.3, -0.25) is 4.79 Å². The van der Waals surface area contributed by atoms with E-state index in [1.165, 1.54) is 12.1 Å². The van der Waals surface area contributed by atoms with Crippen LogP contribution in [0.1, 0.15) is 26.3 Å². The molecule has 4 heteroatoms. The Labute approximate surface area is 99.6 Å². The molecule has 0 N–H and O–H groups in total. The summed E-state index contributed by atoms with van der Waals surface area (Å²) in [5.41, 5.74) is -0.358. The van der Waals surface area contributed by atoms with E-state index in [2.05, 4.69) is 0 Å². The van der Waals surface area contributed by atoms with Gasteiger partial charge in [0.2, 0.25) is 0 Å². The monoisotopic (exact) mass is 242 g/mol. The maximum atomic E-state index is 13.3. The summed E-state index contributed by atoms with van der Waals surface area (Å²) < 4.78 is 31.4. The van der Waals surface area contributed by atoms with Gasteiger partial charge in [0.1, 0.15) is 6.61 Å². The van der Waals surface area contributed by atoms with E-state index < -0.39 is 17.2 Å². The Morgan fingerprint density at radius 3 is 2.53 bits per heavy atom. The third-order valence-electron chi connectivity index (χ3n) is 2.09. The van der Waals surface area contributed by atoms with Crippen molar-refractivity contribution in [3.8, 4) is 0 Å². The van der Waals surface area contributed by atoms with Gasteiger partial charge in [0.05, 0.1) is 5.60 Å². The SMILES string of the molecule is CC(C)(C)OCC(=O)Cc1cccc(F)c1F. The molecule has 2 nitrogen and oxygen atoms in total. The molecule has 1 rings (SSSR count). The Hall–Kier alpha value is -1.29. The predicted molar refractivity (Wildman–Crippen MR) is 60.8 cm³/mol. The quantitative estimate of drug-likeness (QED) is 0.811. The van der Waals surface area contributed by atoms with Gasteiger partial charge in [-0.2, -0.15) is 0 Å². The minimum Gasteiger partial charge on any atom is -0.368 e. The lowest BCUT2D eigenvalue weighted by atomic mass is 10.1. The number of carbonyl (C=O) groups is 1. The van der Waals surface area contributed by atoms with Crippen LogP contribution in [0.3, 0.4) is 0 Å². The highest BCUT2D eigenvalue weighted by Gasteiger charge is 2.15. The van der Waals surface area contributed by atoms with Gasteiger partial charge < -0.3 is 4.74 Å². The van der Waals surface area contributed by atoms with Crippen LogP contribution in [0.15, 0.2) is 18.2 Å². The van der Waals surface area contributed by atoms with Crippen molar-refractivity contribution in [2.45, 2.75) is 32.8 Å². The third kappa shape index (κ3) is 4.61. The summed E-state index contributed by atoms with van der Waals surface area (Å²) in [7, 11) is 0. The largest absolute Gasteiger partial charge is 0.368 e. The van der Waals surface area contributed by atoms with Crippen LogP contribution < -0.4 is 0 Å². The van der Waals surface area contributed by atoms with Crippen LogP contribution in [-0.2, 0) is 16.0 Å². The second kappa shape index (κ2) is 5.36. The Kier molecular flexibility index (Phi) is 4.34. The Morgan fingerprint density at radius 2 is 1.94 bits per heavy atom. The van der Waals surface area contributed by atoms with Crippen LogP contribution in [-0.4, -0.2) is 18.0 Å². The number of carbonyl (C=O) groups excluding carboxylic acids is 1. The maximum Gasteiger partial charge on any atom is 0.162 e. The lowest BCUT2D eigenvalue weighted by molar-refractivity contribution is -0.127. The molecule has 1 aromatic carbocycles. The Balaban J connectivity index is 2.60. The average molecular weight is 242 g/mol. The number of hydrogen-bond acceptors (Lipinski definition) is 2. The van der Waals surface area contributed by atoms with Gasteiger partial charge in [-0.1, -0.05) is 12.1 Å². The highest BCUT2D eigenvalue weighted by atomic mass is 19.2. The van der Waals surface area contributed by atoms with E-state index >= 15 is 0 Å². The molecule has 0 spiro atoms. The van der Waals surface area contributed by atoms with E-state index in [4.69, 9.17) is 4.74 Å². The fraction of sp³-hybridized carbons (Fsp3) is 0.462. The molecule has 0 radical (unpaired) electrons. The lowest BCUT2D eigenvalue weighted by Crippen LogP contribution is -2.24. The molecule has 0 amide bonds. The number of benzene rings is 1. The molecule has 0 saturated heterocycles. The van der Waals surface area contributed by atoms with Crippen molar-refractivity contribution in [3.63, 3.8) is 0 Å². The van der Waals surface area contributed by atoms with Crippen molar-refractivity contribution >= 4 is 5.78 Å². The number of ketones is 1. The number of rotatable bonds is 4. The summed E-state index contributed by atoms with van der Waals surface area (Å²) in [4.78, 5) is 11.5. The number of hydrogen-bond donors (Lipinski definition) is 0. The van der Waals surface area contributed by atoms with Crippen molar-refractivity contribution in [3.05, 3.63) is 35.4 Å². The molecular weight excluding hydrogens is 226 g/mol. The first-order chi connectivity index (χ1) is 7.79. The molecule has 0 aromatic heterocycles. The predicted octanol–water partition coefficient (Wildman–Crippen LogP) is 2.89. The maximum absolute atomic E-state index is 13.3. The zero-order chi connectivity index (χ0) is 13.1. The van der Waals surface area contributed by atoms with Gasteiger partial charge in [0.15, 0.2) is 17.4 Å². The minimum atomic E-state index is -0.961. The average Bonchev–Trinajstić information content (AvgIpc) is 2.21. The smallest absolute Gasteiger partial charge is 0.162 e. The Morgan fingerprint density at radius 1 is 1.29 bits per heavy atom. The first kappa shape index (κ1) is 13.8. The fourth-order valence-electron chi connectivity index (χ4n) is 1.25. The van der Waals surface area contributed by atoms with Crippen LogP contribution in [0.5, 0.6) is 0 Å². The van der Waals surface area contributed by atoms with E-state index in [0.717, 1.165) is 6.07 Å². The second-order valence-corrected chi connectivity index (χ2v) is 4.83. The summed E-state index contributed by atoms with van der Waals surface area (Å²) in [6, 6.07) is 3.80.